The van der Waals surface area contributed by atoms with Crippen LogP contribution in [0.15, 0.2) is 24.3 Å². The van der Waals surface area contributed by atoms with E-state index in [1.165, 1.54) is 0 Å². The second-order valence-electron chi connectivity index (χ2n) is 9.05. The van der Waals surface area contributed by atoms with E-state index in [0.717, 1.165) is 22.4 Å². The zero-order valence-electron chi connectivity index (χ0n) is 18.8. The Hall–Kier alpha value is -2.83. The lowest BCUT2D eigenvalue weighted by Gasteiger charge is -2.24. The van der Waals surface area contributed by atoms with E-state index < -0.39 is 5.60 Å². The van der Waals surface area contributed by atoms with Crippen molar-refractivity contribution in [2.24, 2.45) is 0 Å². The summed E-state index contributed by atoms with van der Waals surface area (Å²) in [4.78, 5) is 26.7. The summed E-state index contributed by atoms with van der Waals surface area (Å²) in [6.07, 6.45) is -0.303. The number of fused-ring (bicyclic) bond motifs is 1. The Kier molecular flexibility index (Phi) is 6.19. The van der Waals surface area contributed by atoms with Crippen LogP contribution in [0.2, 0.25) is 0 Å². The molecule has 2 aromatic rings. The summed E-state index contributed by atoms with van der Waals surface area (Å²) in [7, 11) is 0. The smallest absolute Gasteiger partial charge is 0.410 e. The average Bonchev–Trinajstić information content (AvgIpc) is 3.28. The van der Waals surface area contributed by atoms with Crippen molar-refractivity contribution in [1.29, 1.82) is 0 Å². The Labute approximate surface area is 178 Å². The van der Waals surface area contributed by atoms with Gasteiger partial charge in [0.15, 0.2) is 0 Å². The molecule has 1 aliphatic heterocycles. The van der Waals surface area contributed by atoms with E-state index in [9.17, 15) is 9.59 Å². The van der Waals surface area contributed by atoms with Crippen molar-refractivity contribution in [2.45, 2.75) is 79.2 Å². The van der Waals surface area contributed by atoms with Gasteiger partial charge in [-0.25, -0.2) is 4.79 Å². The third-order valence-electron chi connectivity index (χ3n) is 5.02. The first-order valence-electron chi connectivity index (χ1n) is 10.5. The van der Waals surface area contributed by atoms with Crippen LogP contribution in [0.25, 0.3) is 0 Å². The molecule has 2 amide bonds. The molecule has 0 fully saturated rings. The number of carbonyl (C=O) groups excluding carboxylic acids is 2. The maximum Gasteiger partial charge on any atom is 0.410 e. The number of rotatable bonds is 5. The maximum absolute atomic E-state index is 12.7. The number of hydrogen-bond acceptors (Lipinski definition) is 4. The molecule has 0 saturated carbocycles. The Morgan fingerprint density at radius 3 is 2.50 bits per heavy atom. The average molecular weight is 413 g/mol. The van der Waals surface area contributed by atoms with Crippen LogP contribution >= 0.6 is 0 Å². The lowest BCUT2D eigenvalue weighted by Crippen LogP contribution is -2.33. The first-order valence-corrected chi connectivity index (χ1v) is 10.5. The highest BCUT2D eigenvalue weighted by atomic mass is 16.6. The summed E-state index contributed by atoms with van der Waals surface area (Å²) >= 11 is 0. The Morgan fingerprint density at radius 1 is 1.17 bits per heavy atom. The molecule has 0 unspecified atom stereocenters. The Balaban J connectivity index is 1.63. The van der Waals surface area contributed by atoms with Crippen molar-refractivity contribution in [2.75, 3.05) is 0 Å². The van der Waals surface area contributed by atoms with E-state index in [1.54, 1.807) is 9.58 Å². The highest BCUT2D eigenvalue weighted by Gasteiger charge is 2.27. The SMILES string of the molecule is CCn1nc(C(C)C)cc1C(=O)NCc1ccc2c(c1)CN(C(=O)OC(C)(C)C)C2. The minimum absolute atomic E-state index is 0.132. The molecule has 0 bridgehead atoms. The van der Waals surface area contributed by atoms with E-state index in [2.05, 4.69) is 30.3 Å². The van der Waals surface area contributed by atoms with Crippen LogP contribution in [-0.4, -0.2) is 32.3 Å². The maximum atomic E-state index is 12.7. The van der Waals surface area contributed by atoms with Gasteiger partial charge in [0, 0.05) is 26.2 Å². The fraction of sp³-hybridized carbons (Fsp3) is 0.522. The second kappa shape index (κ2) is 8.50. The van der Waals surface area contributed by atoms with Gasteiger partial charge in [0.05, 0.1) is 5.69 Å². The number of aryl methyl sites for hydroxylation is 1. The van der Waals surface area contributed by atoms with Crippen LogP contribution in [-0.2, 0) is 30.9 Å². The monoisotopic (exact) mass is 412 g/mol. The quantitative estimate of drug-likeness (QED) is 0.798. The lowest BCUT2D eigenvalue weighted by atomic mass is 10.1. The normalized spacial score (nSPS) is 13.5. The molecule has 0 radical (unpaired) electrons. The minimum atomic E-state index is -0.512. The van der Waals surface area contributed by atoms with E-state index >= 15 is 0 Å². The van der Waals surface area contributed by atoms with Gasteiger partial charge < -0.3 is 10.1 Å². The summed E-state index contributed by atoms with van der Waals surface area (Å²) in [5.74, 6) is 0.140. The highest BCUT2D eigenvalue weighted by Crippen LogP contribution is 2.25. The number of benzene rings is 1. The van der Waals surface area contributed by atoms with E-state index in [-0.39, 0.29) is 17.9 Å². The molecule has 0 atom stereocenters. The molecule has 162 valence electrons. The van der Waals surface area contributed by atoms with Crippen molar-refractivity contribution < 1.29 is 14.3 Å². The largest absolute Gasteiger partial charge is 0.444 e. The molecule has 0 spiro atoms. The standard InChI is InChI=1S/C23H32N4O3/c1-7-27-20(11-19(25-27)15(2)3)21(28)24-12-16-8-9-17-13-26(14-18(17)10-16)22(29)30-23(4,5)6/h8-11,15H,7,12-14H2,1-6H3,(H,24,28). The van der Waals surface area contributed by atoms with Crippen LogP contribution in [0.5, 0.6) is 0 Å². The molecule has 0 saturated heterocycles. The van der Waals surface area contributed by atoms with Crippen molar-refractivity contribution in [1.82, 2.24) is 20.0 Å². The zero-order valence-corrected chi connectivity index (χ0v) is 18.8. The number of ether oxygens (including phenoxy) is 1. The summed E-state index contributed by atoms with van der Waals surface area (Å²) in [6.45, 7) is 13.8. The fourth-order valence-corrected chi connectivity index (χ4v) is 3.43. The summed E-state index contributed by atoms with van der Waals surface area (Å²) < 4.78 is 7.22. The predicted molar refractivity (Wildman–Crippen MR) is 115 cm³/mol. The van der Waals surface area contributed by atoms with Gasteiger partial charge >= 0.3 is 6.09 Å². The minimum Gasteiger partial charge on any atom is -0.444 e. The summed E-state index contributed by atoms with van der Waals surface area (Å²) in [6, 6.07) is 7.93. The van der Waals surface area contributed by atoms with E-state index in [4.69, 9.17) is 4.74 Å². The molecule has 3 rings (SSSR count). The molecular weight excluding hydrogens is 380 g/mol. The Morgan fingerprint density at radius 2 is 1.87 bits per heavy atom. The molecule has 0 aliphatic carbocycles. The fourth-order valence-electron chi connectivity index (χ4n) is 3.43. The van der Waals surface area contributed by atoms with Crippen LogP contribution in [0.1, 0.15) is 80.3 Å². The molecular formula is C23H32N4O3. The molecule has 7 nitrogen and oxygen atoms in total. The van der Waals surface area contributed by atoms with E-state index in [1.807, 2.05) is 45.9 Å². The van der Waals surface area contributed by atoms with Gasteiger partial charge in [0.2, 0.25) is 0 Å². The van der Waals surface area contributed by atoms with Gasteiger partial charge in [-0.3, -0.25) is 14.4 Å². The lowest BCUT2D eigenvalue weighted by molar-refractivity contribution is 0.0241. The first kappa shape index (κ1) is 21.9. The molecule has 30 heavy (non-hydrogen) atoms. The number of carbonyl (C=O) groups is 2. The predicted octanol–water partition coefficient (Wildman–Crippen LogP) is 4.21. The van der Waals surface area contributed by atoms with Gasteiger partial charge in [-0.05, 0) is 56.4 Å². The second-order valence-corrected chi connectivity index (χ2v) is 9.05. The number of amides is 2. The van der Waals surface area contributed by atoms with Crippen LogP contribution in [0, 0.1) is 0 Å². The number of nitrogens with zero attached hydrogens (tertiary/aromatic N) is 3. The van der Waals surface area contributed by atoms with Gasteiger partial charge in [-0.2, -0.15) is 5.10 Å². The van der Waals surface area contributed by atoms with Crippen LogP contribution in [0.4, 0.5) is 4.79 Å². The third kappa shape index (κ3) is 5.01. The van der Waals surface area contributed by atoms with Crippen molar-refractivity contribution >= 4 is 12.0 Å². The first-order chi connectivity index (χ1) is 14.1. The van der Waals surface area contributed by atoms with Crippen molar-refractivity contribution in [3.05, 3.63) is 52.3 Å². The molecule has 1 N–H and O–H groups in total. The molecule has 1 aromatic carbocycles. The summed E-state index contributed by atoms with van der Waals surface area (Å²) in [5.41, 5.74) is 4.19. The highest BCUT2D eigenvalue weighted by molar-refractivity contribution is 5.92. The van der Waals surface area contributed by atoms with Crippen molar-refractivity contribution in [3.8, 4) is 0 Å². The Bertz CT molecular complexity index is 940. The third-order valence-corrected chi connectivity index (χ3v) is 5.02. The van der Waals surface area contributed by atoms with Crippen LogP contribution < -0.4 is 5.32 Å². The molecule has 2 heterocycles. The number of hydrogen-bond donors (Lipinski definition) is 1. The molecule has 1 aromatic heterocycles. The molecule has 1 aliphatic rings. The van der Waals surface area contributed by atoms with Gasteiger partial charge in [0.25, 0.3) is 5.91 Å². The van der Waals surface area contributed by atoms with Crippen LogP contribution in [0.3, 0.4) is 0 Å². The summed E-state index contributed by atoms with van der Waals surface area (Å²) in [5, 5.41) is 7.50. The van der Waals surface area contributed by atoms with Gasteiger partial charge in [-0.1, -0.05) is 32.0 Å². The topological polar surface area (TPSA) is 76.5 Å². The number of nitrogens with one attached hydrogen (secondary N) is 1. The zero-order chi connectivity index (χ0) is 22.1. The molecule has 7 heteroatoms. The van der Waals surface area contributed by atoms with E-state index in [0.29, 0.717) is 31.9 Å². The van der Waals surface area contributed by atoms with Gasteiger partial charge in [0.1, 0.15) is 11.3 Å². The van der Waals surface area contributed by atoms with Gasteiger partial charge in [-0.15, -0.1) is 0 Å². The number of aromatic nitrogens is 2. The van der Waals surface area contributed by atoms with Crippen molar-refractivity contribution in [3.63, 3.8) is 0 Å².